The van der Waals surface area contributed by atoms with Gasteiger partial charge in [0.05, 0.1) is 35.2 Å². The van der Waals surface area contributed by atoms with Crippen LogP contribution < -0.4 is 5.73 Å². The van der Waals surface area contributed by atoms with Crippen LogP contribution >= 0.6 is 0 Å². The van der Waals surface area contributed by atoms with Gasteiger partial charge in [-0.3, -0.25) is 14.6 Å². The number of amides is 1. The van der Waals surface area contributed by atoms with Crippen LogP contribution in [0.1, 0.15) is 37.7 Å². The first kappa shape index (κ1) is 17.6. The fourth-order valence-corrected chi connectivity index (χ4v) is 3.06. The average molecular weight is 370 g/mol. The van der Waals surface area contributed by atoms with E-state index in [2.05, 4.69) is 9.97 Å². The molecule has 0 aliphatic carbocycles. The van der Waals surface area contributed by atoms with Gasteiger partial charge in [0.2, 0.25) is 11.7 Å². The second kappa shape index (κ2) is 7.08. The van der Waals surface area contributed by atoms with Gasteiger partial charge in [-0.15, -0.1) is 0 Å². The largest absolute Gasteiger partial charge is 0.366 e. The number of ketones is 1. The molecule has 2 heterocycles. The van der Waals surface area contributed by atoms with Gasteiger partial charge in [-0.1, -0.05) is 29.8 Å². The van der Waals surface area contributed by atoms with Gasteiger partial charge < -0.3 is 10.3 Å². The number of benzene rings is 2. The van der Waals surface area contributed by atoms with Crippen LogP contribution in [0.15, 0.2) is 67.0 Å². The number of carbonyl (C=O) groups is 2. The maximum absolute atomic E-state index is 12.8. The predicted octanol–water partition coefficient (Wildman–Crippen LogP) is 3.12. The number of nitrogens with zero attached hydrogens (tertiary/aromatic N) is 3. The van der Waals surface area contributed by atoms with Gasteiger partial charge in [0.1, 0.15) is 0 Å². The minimum atomic E-state index is -0.501. The number of fused-ring (bicyclic) bond motifs is 1. The smallest absolute Gasteiger partial charge is 0.248 e. The van der Waals surface area contributed by atoms with Crippen LogP contribution in [-0.4, -0.2) is 26.2 Å². The zero-order valence-corrected chi connectivity index (χ0v) is 15.3. The Morgan fingerprint density at radius 1 is 1.00 bits per heavy atom. The third-order valence-electron chi connectivity index (χ3n) is 4.58. The molecule has 0 unspecified atom stereocenters. The van der Waals surface area contributed by atoms with Crippen molar-refractivity contribution in [2.24, 2.45) is 5.73 Å². The Hall–Kier alpha value is -3.80. The highest BCUT2D eigenvalue weighted by molar-refractivity contribution is 6.08. The second-order valence-electron chi connectivity index (χ2n) is 6.65. The van der Waals surface area contributed by atoms with E-state index in [1.54, 1.807) is 30.5 Å². The summed E-state index contributed by atoms with van der Waals surface area (Å²) in [6, 6.07) is 16.1. The van der Waals surface area contributed by atoms with Crippen molar-refractivity contribution in [2.75, 3.05) is 0 Å². The first-order valence-electron chi connectivity index (χ1n) is 8.83. The maximum atomic E-state index is 12.8. The molecule has 0 saturated heterocycles. The van der Waals surface area contributed by atoms with Crippen LogP contribution in [-0.2, 0) is 6.54 Å². The number of nitrogens with two attached hydrogens (primary N) is 1. The molecule has 0 bridgehead atoms. The average Bonchev–Trinajstić information content (AvgIpc) is 3.15. The lowest BCUT2D eigenvalue weighted by molar-refractivity contribution is 0.0998. The quantitative estimate of drug-likeness (QED) is 0.547. The molecule has 28 heavy (non-hydrogen) atoms. The summed E-state index contributed by atoms with van der Waals surface area (Å²) < 4.78 is 1.86. The lowest BCUT2D eigenvalue weighted by Crippen LogP contribution is -2.12. The van der Waals surface area contributed by atoms with E-state index in [1.165, 1.54) is 0 Å². The summed E-state index contributed by atoms with van der Waals surface area (Å²) in [7, 11) is 0. The molecule has 4 aromatic rings. The molecule has 0 saturated carbocycles. The molecule has 2 N–H and O–H groups in total. The fourth-order valence-electron chi connectivity index (χ4n) is 3.06. The number of primary amides is 1. The standard InChI is InChI=1S/C22H18N4O2/c1-14-4-6-15(7-5-14)21(27)20-3-2-10-26(20)13-17-12-24-19-11-16(22(23)28)8-9-18(19)25-17/h2-12H,13H2,1H3,(H2,23,28). The molecule has 2 aromatic carbocycles. The van der Waals surface area contributed by atoms with Crippen molar-refractivity contribution in [1.29, 1.82) is 0 Å². The SMILES string of the molecule is Cc1ccc(C(=O)c2cccn2Cc2cnc3cc(C(N)=O)ccc3n2)cc1. The summed E-state index contributed by atoms with van der Waals surface area (Å²) in [5, 5.41) is 0. The Kier molecular flexibility index (Phi) is 4.45. The molecule has 0 spiro atoms. The van der Waals surface area contributed by atoms with E-state index in [4.69, 9.17) is 5.73 Å². The summed E-state index contributed by atoms with van der Waals surface area (Å²) in [5.74, 6) is -0.538. The molecule has 0 aliphatic heterocycles. The number of aryl methyl sites for hydroxylation is 1. The molecule has 6 nitrogen and oxygen atoms in total. The summed E-state index contributed by atoms with van der Waals surface area (Å²) in [4.78, 5) is 33.1. The normalized spacial score (nSPS) is 10.9. The van der Waals surface area contributed by atoms with Crippen molar-refractivity contribution in [1.82, 2.24) is 14.5 Å². The molecule has 1 amide bonds. The van der Waals surface area contributed by atoms with Crippen LogP contribution in [0.3, 0.4) is 0 Å². The number of aromatic nitrogens is 3. The van der Waals surface area contributed by atoms with E-state index in [1.807, 2.05) is 48.0 Å². The second-order valence-corrected chi connectivity index (χ2v) is 6.65. The molecule has 0 aliphatic rings. The van der Waals surface area contributed by atoms with E-state index in [-0.39, 0.29) is 5.78 Å². The lowest BCUT2D eigenvalue weighted by atomic mass is 10.1. The van der Waals surface area contributed by atoms with Gasteiger partial charge in [0, 0.05) is 17.3 Å². The van der Waals surface area contributed by atoms with Crippen LogP contribution in [0, 0.1) is 6.92 Å². The Labute approximate surface area is 161 Å². The number of hydrogen-bond donors (Lipinski definition) is 1. The molecular formula is C22H18N4O2. The highest BCUT2D eigenvalue weighted by atomic mass is 16.1. The van der Waals surface area contributed by atoms with Crippen LogP contribution in [0.2, 0.25) is 0 Å². The minimum Gasteiger partial charge on any atom is -0.366 e. The zero-order valence-electron chi connectivity index (χ0n) is 15.3. The van der Waals surface area contributed by atoms with Crippen molar-refractivity contribution >= 4 is 22.7 Å². The molecule has 138 valence electrons. The summed E-state index contributed by atoms with van der Waals surface area (Å²) >= 11 is 0. The van der Waals surface area contributed by atoms with Crippen molar-refractivity contribution in [2.45, 2.75) is 13.5 Å². The van der Waals surface area contributed by atoms with Crippen molar-refractivity contribution in [3.63, 3.8) is 0 Å². The monoisotopic (exact) mass is 370 g/mol. The first-order chi connectivity index (χ1) is 13.5. The molecular weight excluding hydrogens is 352 g/mol. The van der Waals surface area contributed by atoms with Gasteiger partial charge in [-0.05, 0) is 37.3 Å². The molecule has 6 heteroatoms. The molecule has 0 fully saturated rings. The minimum absolute atomic E-state index is 0.0372. The van der Waals surface area contributed by atoms with Gasteiger partial charge in [-0.25, -0.2) is 4.98 Å². The Morgan fingerprint density at radius 3 is 2.50 bits per heavy atom. The van der Waals surface area contributed by atoms with Gasteiger partial charge in [0.15, 0.2) is 0 Å². The zero-order chi connectivity index (χ0) is 19.7. The number of carbonyl (C=O) groups excluding carboxylic acids is 2. The predicted molar refractivity (Wildman–Crippen MR) is 106 cm³/mol. The molecule has 0 atom stereocenters. The third kappa shape index (κ3) is 3.40. The fraction of sp³-hybridized carbons (Fsp3) is 0.0909. The van der Waals surface area contributed by atoms with Crippen LogP contribution in [0.5, 0.6) is 0 Å². The van der Waals surface area contributed by atoms with Gasteiger partial charge >= 0.3 is 0 Å². The van der Waals surface area contributed by atoms with Gasteiger partial charge in [0.25, 0.3) is 0 Å². The molecule has 4 rings (SSSR count). The number of rotatable bonds is 5. The van der Waals surface area contributed by atoms with Gasteiger partial charge in [-0.2, -0.15) is 0 Å². The van der Waals surface area contributed by atoms with E-state index in [0.717, 1.165) is 5.56 Å². The Bertz CT molecular complexity index is 1190. The Balaban J connectivity index is 1.62. The summed E-state index contributed by atoms with van der Waals surface area (Å²) in [6.45, 7) is 2.40. The highest BCUT2D eigenvalue weighted by Gasteiger charge is 2.14. The van der Waals surface area contributed by atoms with E-state index in [9.17, 15) is 9.59 Å². The summed E-state index contributed by atoms with van der Waals surface area (Å²) in [6.07, 6.45) is 3.50. The summed E-state index contributed by atoms with van der Waals surface area (Å²) in [5.41, 5.74) is 10.0. The topological polar surface area (TPSA) is 90.9 Å². The Morgan fingerprint density at radius 2 is 1.75 bits per heavy atom. The van der Waals surface area contributed by atoms with Crippen molar-refractivity contribution < 1.29 is 9.59 Å². The highest BCUT2D eigenvalue weighted by Crippen LogP contribution is 2.16. The van der Waals surface area contributed by atoms with Crippen molar-refractivity contribution in [3.05, 3.63) is 95.1 Å². The molecule has 0 radical (unpaired) electrons. The van der Waals surface area contributed by atoms with E-state index in [0.29, 0.717) is 40.1 Å². The third-order valence-corrected chi connectivity index (χ3v) is 4.58. The van der Waals surface area contributed by atoms with Crippen LogP contribution in [0.4, 0.5) is 0 Å². The first-order valence-corrected chi connectivity index (χ1v) is 8.83. The van der Waals surface area contributed by atoms with Crippen molar-refractivity contribution in [3.8, 4) is 0 Å². The van der Waals surface area contributed by atoms with Crippen LogP contribution in [0.25, 0.3) is 11.0 Å². The number of hydrogen-bond acceptors (Lipinski definition) is 4. The van der Waals surface area contributed by atoms with E-state index < -0.39 is 5.91 Å². The van der Waals surface area contributed by atoms with E-state index >= 15 is 0 Å². The molecule has 2 aromatic heterocycles. The maximum Gasteiger partial charge on any atom is 0.248 e. The lowest BCUT2D eigenvalue weighted by Gasteiger charge is -2.09.